The molecule has 0 atom stereocenters. The van der Waals surface area contributed by atoms with Crippen molar-refractivity contribution in [3.63, 3.8) is 0 Å². The van der Waals surface area contributed by atoms with Crippen LogP contribution in [0.25, 0.3) is 0 Å². The van der Waals surface area contributed by atoms with E-state index >= 15 is 0 Å². The molecule has 0 unspecified atom stereocenters. The number of nitrogens with one attached hydrogen (secondary N) is 1. The maximum Gasteiger partial charge on any atom is 0.234 e. The summed E-state index contributed by atoms with van der Waals surface area (Å²) in [6.45, 7) is 6.18. The molecule has 0 bridgehead atoms. The van der Waals surface area contributed by atoms with Gasteiger partial charge in [-0.3, -0.25) is 9.79 Å². The van der Waals surface area contributed by atoms with E-state index in [4.69, 9.17) is 9.98 Å². The average Bonchev–Trinajstić information content (AvgIpc) is 2.95. The number of nitrogens with zero attached hydrogens (tertiary/aromatic N) is 2. The second-order valence-electron chi connectivity index (χ2n) is 7.73. The van der Waals surface area contributed by atoms with Crippen LogP contribution in [0.1, 0.15) is 28.7 Å². The predicted octanol–water partition coefficient (Wildman–Crippen LogP) is 6.54. The van der Waals surface area contributed by atoms with Crippen molar-refractivity contribution in [2.45, 2.75) is 27.2 Å². The molecule has 4 rings (SSSR count). The molecule has 0 saturated carbocycles. The van der Waals surface area contributed by atoms with Gasteiger partial charge in [-0.05, 0) is 61.7 Å². The van der Waals surface area contributed by atoms with Crippen LogP contribution in [0.2, 0.25) is 0 Å². The number of aliphatic imine (C=N–C) groups is 2. The standard InChI is InChI=1S/C26H25N3OS/c1-17-8-11-20(12-9-17)24-15-26(29-23-7-5-4-6-22(23)28-24)31-16-25(30)27-21-13-10-18(2)19(3)14-21/h4-14H,15-16H2,1-3H3,(H,27,30). The lowest BCUT2D eigenvalue weighted by Crippen LogP contribution is -2.16. The van der Waals surface area contributed by atoms with Crippen LogP contribution in [0, 0.1) is 20.8 Å². The van der Waals surface area contributed by atoms with Crippen LogP contribution in [-0.2, 0) is 4.79 Å². The van der Waals surface area contributed by atoms with E-state index < -0.39 is 0 Å². The number of rotatable bonds is 4. The molecule has 1 amide bonds. The number of aryl methyl sites for hydroxylation is 3. The molecular weight excluding hydrogens is 402 g/mol. The summed E-state index contributed by atoms with van der Waals surface area (Å²) in [6, 6.07) is 22.2. The highest BCUT2D eigenvalue weighted by Crippen LogP contribution is 2.33. The van der Waals surface area contributed by atoms with Gasteiger partial charge in [0.2, 0.25) is 5.91 Å². The Morgan fingerprint density at radius 3 is 2.32 bits per heavy atom. The topological polar surface area (TPSA) is 53.8 Å². The minimum atomic E-state index is -0.0395. The zero-order valence-corrected chi connectivity index (χ0v) is 18.8. The molecule has 156 valence electrons. The van der Waals surface area contributed by atoms with Gasteiger partial charge in [0.15, 0.2) is 0 Å². The van der Waals surface area contributed by atoms with Crippen LogP contribution in [-0.4, -0.2) is 22.4 Å². The van der Waals surface area contributed by atoms with E-state index in [1.54, 1.807) is 0 Å². The third-order valence-electron chi connectivity index (χ3n) is 5.25. The fourth-order valence-corrected chi connectivity index (χ4v) is 4.09. The molecule has 31 heavy (non-hydrogen) atoms. The fraction of sp³-hybridized carbons (Fsp3) is 0.192. The first-order valence-electron chi connectivity index (χ1n) is 10.3. The van der Waals surface area contributed by atoms with Crippen molar-refractivity contribution in [1.29, 1.82) is 0 Å². The highest BCUT2D eigenvalue weighted by atomic mass is 32.2. The SMILES string of the molecule is Cc1ccc(C2=Nc3ccccc3N=C(SCC(=O)Nc3ccc(C)c(C)c3)C2)cc1. The number of hydrogen-bond acceptors (Lipinski definition) is 4. The highest BCUT2D eigenvalue weighted by Gasteiger charge is 2.16. The summed E-state index contributed by atoms with van der Waals surface area (Å²) in [5.74, 6) is 0.261. The molecule has 3 aromatic rings. The molecule has 0 radical (unpaired) electrons. The van der Waals surface area contributed by atoms with Gasteiger partial charge in [-0.2, -0.15) is 0 Å². The lowest BCUT2D eigenvalue weighted by atomic mass is 10.1. The van der Waals surface area contributed by atoms with E-state index in [0.717, 1.165) is 38.9 Å². The molecule has 4 nitrogen and oxygen atoms in total. The van der Waals surface area contributed by atoms with E-state index in [1.807, 2.05) is 49.4 Å². The molecule has 0 aromatic heterocycles. The molecule has 3 aromatic carbocycles. The highest BCUT2D eigenvalue weighted by molar-refractivity contribution is 8.14. The summed E-state index contributed by atoms with van der Waals surface area (Å²) in [4.78, 5) is 22.3. The first kappa shape index (κ1) is 21.1. The quantitative estimate of drug-likeness (QED) is 0.514. The zero-order chi connectivity index (χ0) is 21.8. The summed E-state index contributed by atoms with van der Waals surface area (Å²) >= 11 is 1.47. The second-order valence-corrected chi connectivity index (χ2v) is 8.78. The Morgan fingerprint density at radius 2 is 1.61 bits per heavy atom. The third kappa shape index (κ3) is 5.30. The van der Waals surface area contributed by atoms with E-state index in [1.165, 1.54) is 22.9 Å². The first-order chi connectivity index (χ1) is 15.0. The minimum absolute atomic E-state index is 0.0395. The van der Waals surface area contributed by atoms with Crippen LogP contribution in [0.3, 0.4) is 0 Å². The summed E-state index contributed by atoms with van der Waals surface area (Å²) in [5, 5.41) is 3.88. The van der Waals surface area contributed by atoms with Gasteiger partial charge in [-0.1, -0.05) is 48.0 Å². The number of hydrogen-bond donors (Lipinski definition) is 1. The van der Waals surface area contributed by atoms with Crippen LogP contribution in [0.4, 0.5) is 17.1 Å². The number of amides is 1. The largest absolute Gasteiger partial charge is 0.325 e. The zero-order valence-electron chi connectivity index (χ0n) is 18.0. The molecule has 1 aliphatic heterocycles. The third-order valence-corrected chi connectivity index (χ3v) is 6.22. The van der Waals surface area contributed by atoms with E-state index in [0.29, 0.717) is 12.2 Å². The van der Waals surface area contributed by atoms with Crippen LogP contribution < -0.4 is 5.32 Å². The Morgan fingerprint density at radius 1 is 0.903 bits per heavy atom. The van der Waals surface area contributed by atoms with E-state index in [-0.39, 0.29) is 5.91 Å². The number of carbonyl (C=O) groups excluding carboxylic acids is 1. The summed E-state index contributed by atoms with van der Waals surface area (Å²) in [5.41, 5.74) is 8.14. The molecule has 0 saturated heterocycles. The van der Waals surface area contributed by atoms with Gasteiger partial charge in [0.05, 0.1) is 27.9 Å². The molecule has 1 N–H and O–H groups in total. The molecule has 1 heterocycles. The van der Waals surface area contributed by atoms with Crippen LogP contribution >= 0.6 is 11.8 Å². The Labute approximate surface area is 187 Å². The van der Waals surface area contributed by atoms with Crippen molar-refractivity contribution in [2.75, 3.05) is 11.1 Å². The lowest BCUT2D eigenvalue weighted by Gasteiger charge is -2.09. The van der Waals surface area contributed by atoms with Crippen molar-refractivity contribution in [3.05, 3.63) is 89.0 Å². The van der Waals surface area contributed by atoms with Gasteiger partial charge in [0.1, 0.15) is 0 Å². The number of fused-ring (bicyclic) bond motifs is 1. The van der Waals surface area contributed by atoms with Gasteiger partial charge in [-0.15, -0.1) is 11.8 Å². The number of para-hydroxylation sites is 2. The Hall–Kier alpha value is -3.18. The van der Waals surface area contributed by atoms with Crippen LogP contribution in [0.5, 0.6) is 0 Å². The molecule has 0 aliphatic carbocycles. The molecular formula is C26H25N3OS. The maximum absolute atomic E-state index is 12.6. The van der Waals surface area contributed by atoms with Crippen molar-refractivity contribution < 1.29 is 4.79 Å². The van der Waals surface area contributed by atoms with Crippen molar-refractivity contribution >= 4 is 45.5 Å². The van der Waals surface area contributed by atoms with E-state index in [9.17, 15) is 4.79 Å². The number of anilines is 1. The molecule has 0 fully saturated rings. The normalized spacial score (nSPS) is 13.0. The predicted molar refractivity (Wildman–Crippen MR) is 133 cm³/mol. The van der Waals surface area contributed by atoms with Crippen molar-refractivity contribution in [2.24, 2.45) is 9.98 Å². The summed E-state index contributed by atoms with van der Waals surface area (Å²) in [6.07, 6.45) is 0.597. The monoisotopic (exact) mass is 427 g/mol. The number of carbonyl (C=O) groups is 1. The van der Waals surface area contributed by atoms with Crippen LogP contribution in [0.15, 0.2) is 76.7 Å². The number of benzene rings is 3. The fourth-order valence-electron chi connectivity index (χ4n) is 3.32. The van der Waals surface area contributed by atoms with Crippen molar-refractivity contribution in [1.82, 2.24) is 0 Å². The van der Waals surface area contributed by atoms with Gasteiger partial charge in [0, 0.05) is 12.1 Å². The second kappa shape index (κ2) is 9.31. The van der Waals surface area contributed by atoms with Gasteiger partial charge in [0.25, 0.3) is 0 Å². The Kier molecular flexibility index (Phi) is 6.33. The Balaban J connectivity index is 1.51. The molecule has 0 spiro atoms. The maximum atomic E-state index is 12.6. The number of thioether (sulfide) groups is 1. The van der Waals surface area contributed by atoms with E-state index in [2.05, 4.69) is 43.4 Å². The minimum Gasteiger partial charge on any atom is -0.325 e. The summed E-state index contributed by atoms with van der Waals surface area (Å²) < 4.78 is 0. The summed E-state index contributed by atoms with van der Waals surface area (Å²) in [7, 11) is 0. The lowest BCUT2D eigenvalue weighted by molar-refractivity contribution is -0.113. The smallest absolute Gasteiger partial charge is 0.234 e. The average molecular weight is 428 g/mol. The molecule has 5 heteroatoms. The van der Waals surface area contributed by atoms with Crippen molar-refractivity contribution in [3.8, 4) is 0 Å². The van der Waals surface area contributed by atoms with Gasteiger partial charge >= 0.3 is 0 Å². The Bertz CT molecular complexity index is 1180. The first-order valence-corrected chi connectivity index (χ1v) is 11.3. The van der Waals surface area contributed by atoms with Gasteiger partial charge < -0.3 is 5.32 Å². The van der Waals surface area contributed by atoms with Gasteiger partial charge in [-0.25, -0.2) is 4.99 Å². The molecule has 1 aliphatic rings.